The van der Waals surface area contributed by atoms with E-state index >= 15 is 0 Å². The van der Waals surface area contributed by atoms with Crippen molar-refractivity contribution in [3.8, 4) is 5.75 Å². The van der Waals surface area contributed by atoms with E-state index in [-0.39, 0.29) is 17.9 Å². The van der Waals surface area contributed by atoms with E-state index in [2.05, 4.69) is 5.32 Å². The summed E-state index contributed by atoms with van der Waals surface area (Å²) in [6.45, 7) is 1.27. The monoisotopic (exact) mass is 344 g/mol. The number of thiophene rings is 1. The van der Waals surface area contributed by atoms with Crippen LogP contribution in [0.3, 0.4) is 0 Å². The summed E-state index contributed by atoms with van der Waals surface area (Å²) in [7, 11) is 1.58. The second kappa shape index (κ2) is 7.49. The van der Waals surface area contributed by atoms with Gasteiger partial charge in [-0.2, -0.15) is 0 Å². The molecule has 1 saturated heterocycles. The van der Waals surface area contributed by atoms with Gasteiger partial charge in [-0.1, -0.05) is 18.2 Å². The summed E-state index contributed by atoms with van der Waals surface area (Å²) in [4.78, 5) is 27.3. The first kappa shape index (κ1) is 16.5. The average molecular weight is 344 g/mol. The molecule has 1 aliphatic heterocycles. The van der Waals surface area contributed by atoms with E-state index in [1.807, 2.05) is 35.2 Å². The van der Waals surface area contributed by atoms with E-state index in [9.17, 15) is 9.59 Å². The van der Waals surface area contributed by atoms with Gasteiger partial charge in [0.2, 0.25) is 0 Å². The number of rotatable bonds is 4. The van der Waals surface area contributed by atoms with E-state index < -0.39 is 0 Å². The van der Waals surface area contributed by atoms with Gasteiger partial charge in [-0.25, -0.2) is 0 Å². The quantitative estimate of drug-likeness (QED) is 0.928. The zero-order valence-corrected chi connectivity index (χ0v) is 14.3. The van der Waals surface area contributed by atoms with Crippen molar-refractivity contribution >= 4 is 23.2 Å². The lowest BCUT2D eigenvalue weighted by Gasteiger charge is -2.33. The third-order valence-electron chi connectivity index (χ3n) is 4.10. The van der Waals surface area contributed by atoms with Crippen LogP contribution in [0, 0.1) is 0 Å². The van der Waals surface area contributed by atoms with Gasteiger partial charge in [0.1, 0.15) is 5.75 Å². The van der Waals surface area contributed by atoms with Crippen LogP contribution in [0.15, 0.2) is 41.8 Å². The van der Waals surface area contributed by atoms with Gasteiger partial charge < -0.3 is 15.0 Å². The van der Waals surface area contributed by atoms with Crippen LogP contribution in [0.25, 0.3) is 0 Å². The molecule has 3 rings (SSSR count). The molecule has 1 aromatic carbocycles. The van der Waals surface area contributed by atoms with Crippen molar-refractivity contribution < 1.29 is 14.3 Å². The van der Waals surface area contributed by atoms with Crippen molar-refractivity contribution in [2.24, 2.45) is 0 Å². The van der Waals surface area contributed by atoms with Crippen LogP contribution in [-0.2, 0) is 0 Å². The molecule has 2 heterocycles. The lowest BCUT2D eigenvalue weighted by molar-refractivity contribution is 0.0676. The largest absolute Gasteiger partial charge is 0.496 e. The maximum Gasteiger partial charge on any atom is 0.261 e. The van der Waals surface area contributed by atoms with Crippen LogP contribution in [-0.4, -0.2) is 43.0 Å². The number of methoxy groups -OCH3 is 1. The minimum absolute atomic E-state index is 0.0207. The number of nitrogens with one attached hydrogen (secondary N) is 1. The lowest BCUT2D eigenvalue weighted by atomic mass is 10.0. The number of piperidine rings is 1. The van der Waals surface area contributed by atoms with Crippen molar-refractivity contribution in [2.45, 2.75) is 18.9 Å². The summed E-state index contributed by atoms with van der Waals surface area (Å²) < 4.78 is 5.11. The predicted molar refractivity (Wildman–Crippen MR) is 93.7 cm³/mol. The molecule has 6 heteroatoms. The second-order valence-electron chi connectivity index (χ2n) is 5.78. The van der Waals surface area contributed by atoms with Gasteiger partial charge in [-0.3, -0.25) is 9.59 Å². The maximum atomic E-state index is 12.5. The fourth-order valence-electron chi connectivity index (χ4n) is 2.84. The molecule has 1 unspecified atom stereocenters. The van der Waals surface area contributed by atoms with Gasteiger partial charge in [0.15, 0.2) is 0 Å². The zero-order valence-electron chi connectivity index (χ0n) is 13.5. The molecule has 2 aromatic rings. The van der Waals surface area contributed by atoms with Crippen LogP contribution >= 0.6 is 11.3 Å². The van der Waals surface area contributed by atoms with Gasteiger partial charge in [-0.05, 0) is 25.0 Å². The van der Waals surface area contributed by atoms with E-state index in [0.717, 1.165) is 19.4 Å². The highest BCUT2D eigenvalue weighted by atomic mass is 32.1. The van der Waals surface area contributed by atoms with Crippen molar-refractivity contribution in [1.29, 1.82) is 0 Å². The standard InChI is InChI=1S/C18H20N2O3S/c1-23-15-10-16(24-12-15)17(21)19-14-8-5-9-20(11-14)18(22)13-6-3-2-4-7-13/h2-4,6-7,10,12,14H,5,8-9,11H2,1H3,(H,19,21). The van der Waals surface area contributed by atoms with Crippen molar-refractivity contribution in [3.63, 3.8) is 0 Å². The van der Waals surface area contributed by atoms with Gasteiger partial charge >= 0.3 is 0 Å². The molecular weight excluding hydrogens is 324 g/mol. The van der Waals surface area contributed by atoms with Gasteiger partial charge in [0.05, 0.1) is 12.0 Å². The second-order valence-corrected chi connectivity index (χ2v) is 6.69. The SMILES string of the molecule is COc1csc(C(=O)NC2CCCN(C(=O)c3ccccc3)C2)c1. The molecular formula is C18H20N2O3S. The van der Waals surface area contributed by atoms with E-state index in [1.54, 1.807) is 18.6 Å². The Morgan fingerprint density at radius 2 is 2.08 bits per heavy atom. The number of benzene rings is 1. The highest BCUT2D eigenvalue weighted by Crippen LogP contribution is 2.21. The highest BCUT2D eigenvalue weighted by Gasteiger charge is 2.26. The third kappa shape index (κ3) is 3.76. The molecule has 1 fully saturated rings. The highest BCUT2D eigenvalue weighted by molar-refractivity contribution is 7.12. The smallest absolute Gasteiger partial charge is 0.261 e. The van der Waals surface area contributed by atoms with Crippen molar-refractivity contribution in [3.05, 3.63) is 52.2 Å². The van der Waals surface area contributed by atoms with Crippen LogP contribution in [0.2, 0.25) is 0 Å². The Bertz CT molecular complexity index is 714. The maximum absolute atomic E-state index is 12.5. The Morgan fingerprint density at radius 1 is 1.29 bits per heavy atom. The summed E-state index contributed by atoms with van der Waals surface area (Å²) in [5, 5.41) is 4.84. The molecule has 1 N–H and O–H groups in total. The Labute approximate surface area is 145 Å². The Kier molecular flexibility index (Phi) is 5.15. The zero-order chi connectivity index (χ0) is 16.9. The first-order valence-electron chi connectivity index (χ1n) is 7.95. The normalized spacial score (nSPS) is 17.4. The van der Waals surface area contributed by atoms with Crippen LogP contribution in [0.1, 0.15) is 32.9 Å². The van der Waals surface area contributed by atoms with Crippen molar-refractivity contribution in [2.75, 3.05) is 20.2 Å². The summed E-state index contributed by atoms with van der Waals surface area (Å²) in [6, 6.07) is 11.0. The predicted octanol–water partition coefficient (Wildman–Crippen LogP) is 2.79. The molecule has 1 atom stereocenters. The fourth-order valence-corrected chi connectivity index (χ4v) is 3.60. The molecule has 1 aromatic heterocycles. The Hall–Kier alpha value is -2.34. The first-order valence-corrected chi connectivity index (χ1v) is 8.83. The lowest BCUT2D eigenvalue weighted by Crippen LogP contribution is -2.49. The molecule has 2 amide bonds. The summed E-state index contributed by atoms with van der Waals surface area (Å²) >= 11 is 1.36. The number of hydrogen-bond acceptors (Lipinski definition) is 4. The Morgan fingerprint density at radius 3 is 2.79 bits per heavy atom. The summed E-state index contributed by atoms with van der Waals surface area (Å²) in [6.07, 6.45) is 1.77. The Balaban J connectivity index is 1.61. The minimum Gasteiger partial charge on any atom is -0.496 e. The molecule has 0 spiro atoms. The molecule has 1 aliphatic rings. The number of amides is 2. The van der Waals surface area contributed by atoms with Crippen LogP contribution < -0.4 is 10.1 Å². The van der Waals surface area contributed by atoms with Crippen LogP contribution in [0.4, 0.5) is 0 Å². The number of likely N-dealkylation sites (tertiary alicyclic amines) is 1. The third-order valence-corrected chi connectivity index (χ3v) is 5.01. The van der Waals surface area contributed by atoms with E-state index in [1.165, 1.54) is 11.3 Å². The number of ether oxygens (including phenoxy) is 1. The van der Waals surface area contributed by atoms with Gasteiger partial charge in [0, 0.05) is 36.1 Å². The van der Waals surface area contributed by atoms with E-state index in [4.69, 9.17) is 4.74 Å². The molecule has 24 heavy (non-hydrogen) atoms. The fraction of sp³-hybridized carbons (Fsp3) is 0.333. The molecule has 0 radical (unpaired) electrons. The van der Waals surface area contributed by atoms with Crippen molar-refractivity contribution in [1.82, 2.24) is 10.2 Å². The molecule has 5 nitrogen and oxygen atoms in total. The molecule has 0 saturated carbocycles. The van der Waals surface area contributed by atoms with Gasteiger partial charge in [0.25, 0.3) is 11.8 Å². The number of nitrogens with zero attached hydrogens (tertiary/aromatic N) is 1. The summed E-state index contributed by atoms with van der Waals surface area (Å²) in [5.41, 5.74) is 0.687. The number of hydrogen-bond donors (Lipinski definition) is 1. The number of carbonyl (C=O) groups excluding carboxylic acids is 2. The first-order chi connectivity index (χ1) is 11.7. The average Bonchev–Trinajstić information content (AvgIpc) is 3.11. The van der Waals surface area contributed by atoms with E-state index in [0.29, 0.717) is 22.7 Å². The molecule has 0 aliphatic carbocycles. The van der Waals surface area contributed by atoms with Crippen LogP contribution in [0.5, 0.6) is 5.75 Å². The molecule has 126 valence electrons. The van der Waals surface area contributed by atoms with Gasteiger partial charge in [-0.15, -0.1) is 11.3 Å². The summed E-state index contributed by atoms with van der Waals surface area (Å²) in [5.74, 6) is 0.601. The molecule has 0 bridgehead atoms. The topological polar surface area (TPSA) is 58.6 Å². The minimum atomic E-state index is -0.109. The number of carbonyl (C=O) groups is 2.